The van der Waals surface area contributed by atoms with Gasteiger partial charge in [0.2, 0.25) is 0 Å². The molecule has 1 aromatic heterocycles. The largest absolute Gasteiger partial charge is 0.307 e. The molecule has 0 spiro atoms. The molecule has 2 heterocycles. The lowest BCUT2D eigenvalue weighted by Crippen LogP contribution is -2.33. The third-order valence-corrected chi connectivity index (χ3v) is 2.50. The van der Waals surface area contributed by atoms with Gasteiger partial charge in [0.25, 0.3) is 0 Å². The van der Waals surface area contributed by atoms with E-state index in [1.54, 1.807) is 6.33 Å². The summed E-state index contributed by atoms with van der Waals surface area (Å²) in [5.41, 5.74) is 0. The number of rotatable bonds is 1. The molecule has 2 unspecified atom stereocenters. The standard InChI is InChI=1S/C8H14N4/c1-6-3-2-4-9-7(6)8-10-5-11-12-8/h5-7,9H,2-4H2,1H3,(H,10,11,12). The van der Waals surface area contributed by atoms with E-state index in [-0.39, 0.29) is 0 Å². The van der Waals surface area contributed by atoms with E-state index < -0.39 is 0 Å². The maximum Gasteiger partial charge on any atom is 0.141 e. The molecule has 1 aliphatic rings. The average molecular weight is 166 g/mol. The molecule has 1 saturated heterocycles. The van der Waals surface area contributed by atoms with Gasteiger partial charge in [-0.15, -0.1) is 0 Å². The SMILES string of the molecule is CC1CCCNC1c1ncn[nH]1. The first-order chi connectivity index (χ1) is 5.88. The number of hydrogen-bond donors (Lipinski definition) is 2. The number of piperidine rings is 1. The first-order valence-electron chi connectivity index (χ1n) is 4.46. The molecule has 0 saturated carbocycles. The van der Waals surface area contributed by atoms with Crippen LogP contribution in [0.4, 0.5) is 0 Å². The summed E-state index contributed by atoms with van der Waals surface area (Å²) in [5.74, 6) is 1.63. The van der Waals surface area contributed by atoms with Crippen molar-refractivity contribution in [3.8, 4) is 0 Å². The van der Waals surface area contributed by atoms with Gasteiger partial charge in [-0.1, -0.05) is 6.92 Å². The van der Waals surface area contributed by atoms with Crippen molar-refractivity contribution >= 4 is 0 Å². The second-order valence-electron chi connectivity index (χ2n) is 3.42. The summed E-state index contributed by atoms with van der Waals surface area (Å²) in [5, 5.41) is 10.2. The first-order valence-corrected chi connectivity index (χ1v) is 4.46. The Kier molecular flexibility index (Phi) is 2.08. The summed E-state index contributed by atoms with van der Waals surface area (Å²) in [6.07, 6.45) is 4.11. The molecule has 2 N–H and O–H groups in total. The molecule has 1 aromatic rings. The van der Waals surface area contributed by atoms with Crippen LogP contribution in [0, 0.1) is 5.92 Å². The maximum atomic E-state index is 4.16. The predicted octanol–water partition coefficient (Wildman–Crippen LogP) is 0.865. The normalized spacial score (nSPS) is 30.4. The van der Waals surface area contributed by atoms with Gasteiger partial charge in [0, 0.05) is 0 Å². The van der Waals surface area contributed by atoms with Crippen molar-refractivity contribution < 1.29 is 0 Å². The predicted molar refractivity (Wildman–Crippen MR) is 45.5 cm³/mol. The average Bonchev–Trinajstić information content (AvgIpc) is 2.57. The van der Waals surface area contributed by atoms with Crippen molar-refractivity contribution in [3.05, 3.63) is 12.2 Å². The highest BCUT2D eigenvalue weighted by Gasteiger charge is 2.24. The van der Waals surface area contributed by atoms with Gasteiger partial charge in [0.05, 0.1) is 6.04 Å². The van der Waals surface area contributed by atoms with Crippen LogP contribution in [0.25, 0.3) is 0 Å². The van der Waals surface area contributed by atoms with Gasteiger partial charge in [0.1, 0.15) is 12.2 Å². The molecular formula is C8H14N4. The van der Waals surface area contributed by atoms with Crippen LogP contribution in [0.15, 0.2) is 6.33 Å². The van der Waals surface area contributed by atoms with Crippen molar-refractivity contribution in [1.29, 1.82) is 0 Å². The van der Waals surface area contributed by atoms with Crippen LogP contribution in [0.2, 0.25) is 0 Å². The third kappa shape index (κ3) is 1.34. The quantitative estimate of drug-likeness (QED) is 0.650. The van der Waals surface area contributed by atoms with Gasteiger partial charge in [-0.3, -0.25) is 5.10 Å². The van der Waals surface area contributed by atoms with E-state index >= 15 is 0 Å². The van der Waals surface area contributed by atoms with Crippen molar-refractivity contribution in [3.63, 3.8) is 0 Å². The van der Waals surface area contributed by atoms with E-state index in [9.17, 15) is 0 Å². The van der Waals surface area contributed by atoms with Crippen molar-refractivity contribution in [2.45, 2.75) is 25.8 Å². The fraction of sp³-hybridized carbons (Fsp3) is 0.750. The van der Waals surface area contributed by atoms with Gasteiger partial charge in [0.15, 0.2) is 0 Å². The van der Waals surface area contributed by atoms with Crippen LogP contribution in [-0.2, 0) is 0 Å². The van der Waals surface area contributed by atoms with Crippen molar-refractivity contribution in [1.82, 2.24) is 20.5 Å². The number of hydrogen-bond acceptors (Lipinski definition) is 3. The summed E-state index contributed by atoms with van der Waals surface area (Å²) < 4.78 is 0. The number of nitrogens with one attached hydrogen (secondary N) is 2. The zero-order valence-corrected chi connectivity index (χ0v) is 7.25. The van der Waals surface area contributed by atoms with Gasteiger partial charge in [-0.05, 0) is 25.3 Å². The van der Waals surface area contributed by atoms with Gasteiger partial charge in [-0.2, -0.15) is 5.10 Å². The lowest BCUT2D eigenvalue weighted by atomic mass is 9.92. The number of aromatic nitrogens is 3. The monoisotopic (exact) mass is 166 g/mol. The third-order valence-electron chi connectivity index (χ3n) is 2.50. The summed E-state index contributed by atoms with van der Waals surface area (Å²) in [4.78, 5) is 4.16. The molecule has 12 heavy (non-hydrogen) atoms. The van der Waals surface area contributed by atoms with E-state index in [4.69, 9.17) is 0 Å². The highest BCUT2D eigenvalue weighted by Crippen LogP contribution is 2.25. The molecule has 0 radical (unpaired) electrons. The highest BCUT2D eigenvalue weighted by atomic mass is 15.2. The van der Waals surface area contributed by atoms with Crippen LogP contribution in [0.5, 0.6) is 0 Å². The van der Waals surface area contributed by atoms with Crippen LogP contribution < -0.4 is 5.32 Å². The summed E-state index contributed by atoms with van der Waals surface area (Å²) in [6, 6.07) is 0.376. The molecule has 4 nitrogen and oxygen atoms in total. The van der Waals surface area contributed by atoms with Gasteiger partial charge < -0.3 is 5.32 Å². The molecule has 1 fully saturated rings. The Balaban J connectivity index is 2.11. The van der Waals surface area contributed by atoms with Crippen LogP contribution in [0.1, 0.15) is 31.6 Å². The lowest BCUT2D eigenvalue weighted by Gasteiger charge is -2.27. The molecule has 4 heteroatoms. The second-order valence-corrected chi connectivity index (χ2v) is 3.42. The van der Waals surface area contributed by atoms with Crippen molar-refractivity contribution in [2.24, 2.45) is 5.92 Å². The zero-order valence-electron chi connectivity index (χ0n) is 7.25. The van der Waals surface area contributed by atoms with E-state index in [2.05, 4.69) is 27.4 Å². The Labute approximate surface area is 71.8 Å². The molecule has 66 valence electrons. The summed E-state index contributed by atoms with van der Waals surface area (Å²) in [6.45, 7) is 3.34. The zero-order chi connectivity index (χ0) is 8.39. The Bertz CT molecular complexity index is 231. The van der Waals surface area contributed by atoms with E-state index in [0.29, 0.717) is 12.0 Å². The molecule has 2 atom stereocenters. The van der Waals surface area contributed by atoms with Gasteiger partial charge >= 0.3 is 0 Å². The maximum absolute atomic E-state index is 4.16. The second kappa shape index (κ2) is 3.23. The number of nitrogens with zero attached hydrogens (tertiary/aromatic N) is 2. The smallest absolute Gasteiger partial charge is 0.141 e. The highest BCUT2D eigenvalue weighted by molar-refractivity contribution is 4.95. The van der Waals surface area contributed by atoms with Crippen molar-refractivity contribution in [2.75, 3.05) is 6.54 Å². The van der Waals surface area contributed by atoms with E-state index in [1.807, 2.05) is 0 Å². The minimum atomic E-state index is 0.376. The van der Waals surface area contributed by atoms with Crippen LogP contribution in [0.3, 0.4) is 0 Å². The van der Waals surface area contributed by atoms with Gasteiger partial charge in [-0.25, -0.2) is 4.98 Å². The van der Waals surface area contributed by atoms with E-state index in [1.165, 1.54) is 12.8 Å². The first kappa shape index (κ1) is 7.73. The summed E-state index contributed by atoms with van der Waals surface area (Å²) >= 11 is 0. The number of H-pyrrole nitrogens is 1. The minimum absolute atomic E-state index is 0.376. The minimum Gasteiger partial charge on any atom is -0.307 e. The fourth-order valence-corrected chi connectivity index (χ4v) is 1.78. The molecule has 2 rings (SSSR count). The molecule has 0 aromatic carbocycles. The molecular weight excluding hydrogens is 152 g/mol. The fourth-order valence-electron chi connectivity index (χ4n) is 1.78. The topological polar surface area (TPSA) is 53.6 Å². The summed E-state index contributed by atoms with van der Waals surface area (Å²) in [7, 11) is 0. The van der Waals surface area contributed by atoms with E-state index in [0.717, 1.165) is 12.4 Å². The molecule has 0 bridgehead atoms. The molecule has 0 aliphatic carbocycles. The Morgan fingerprint density at radius 3 is 3.17 bits per heavy atom. The van der Waals surface area contributed by atoms with Crippen LogP contribution in [-0.4, -0.2) is 21.7 Å². The Morgan fingerprint density at radius 2 is 2.50 bits per heavy atom. The number of aromatic amines is 1. The molecule has 0 amide bonds. The Hall–Kier alpha value is -0.900. The lowest BCUT2D eigenvalue weighted by molar-refractivity contribution is 0.295. The van der Waals surface area contributed by atoms with Crippen LogP contribution >= 0.6 is 0 Å². The Morgan fingerprint density at radius 1 is 1.58 bits per heavy atom. The molecule has 1 aliphatic heterocycles.